The van der Waals surface area contributed by atoms with E-state index >= 15 is 0 Å². The van der Waals surface area contributed by atoms with E-state index in [-0.39, 0.29) is 6.61 Å². The minimum absolute atomic E-state index is 0.0575. The largest absolute Gasteiger partial charge is 0.489 e. The molecule has 2 rings (SSSR count). The molecule has 0 radical (unpaired) electrons. The standard InChI is InChI=1S/C16H18O3/c1-12(18)15-6-8-16(9-7-15)19-11-14-4-2-13(10-17)3-5-14/h2-9,12,17-18H,10-11H2,1H3/t12-/m1/s1. The first-order valence-corrected chi connectivity index (χ1v) is 6.28. The highest BCUT2D eigenvalue weighted by Crippen LogP contribution is 2.18. The van der Waals surface area contributed by atoms with Gasteiger partial charge in [0.2, 0.25) is 0 Å². The normalized spacial score (nSPS) is 12.2. The summed E-state index contributed by atoms with van der Waals surface area (Å²) in [6, 6.07) is 15.1. The van der Waals surface area contributed by atoms with Gasteiger partial charge in [0.1, 0.15) is 12.4 Å². The van der Waals surface area contributed by atoms with E-state index < -0.39 is 6.10 Å². The zero-order chi connectivity index (χ0) is 13.7. The van der Waals surface area contributed by atoms with E-state index in [4.69, 9.17) is 9.84 Å². The van der Waals surface area contributed by atoms with Gasteiger partial charge in [0, 0.05) is 0 Å². The van der Waals surface area contributed by atoms with Crippen LogP contribution in [0.4, 0.5) is 0 Å². The zero-order valence-electron chi connectivity index (χ0n) is 10.9. The number of hydrogen-bond donors (Lipinski definition) is 2. The van der Waals surface area contributed by atoms with Gasteiger partial charge in [-0.15, -0.1) is 0 Å². The van der Waals surface area contributed by atoms with Gasteiger partial charge in [-0.1, -0.05) is 36.4 Å². The summed E-state index contributed by atoms with van der Waals surface area (Å²) < 4.78 is 5.66. The van der Waals surface area contributed by atoms with Crippen LogP contribution in [0.25, 0.3) is 0 Å². The minimum atomic E-state index is -0.458. The van der Waals surface area contributed by atoms with Gasteiger partial charge in [-0.2, -0.15) is 0 Å². The van der Waals surface area contributed by atoms with E-state index in [1.54, 1.807) is 6.92 Å². The Labute approximate surface area is 113 Å². The van der Waals surface area contributed by atoms with E-state index in [0.29, 0.717) is 6.61 Å². The predicted octanol–water partition coefficient (Wildman–Crippen LogP) is 2.81. The fraction of sp³-hybridized carbons (Fsp3) is 0.250. The average molecular weight is 258 g/mol. The van der Waals surface area contributed by atoms with Crippen LogP contribution in [0, 0.1) is 0 Å². The smallest absolute Gasteiger partial charge is 0.119 e. The number of ether oxygens (including phenoxy) is 1. The molecule has 0 unspecified atom stereocenters. The van der Waals surface area contributed by atoms with Gasteiger partial charge < -0.3 is 14.9 Å². The second kappa shape index (κ2) is 6.36. The number of aliphatic hydroxyl groups is 2. The molecule has 3 heteroatoms. The van der Waals surface area contributed by atoms with Crippen LogP contribution in [0.3, 0.4) is 0 Å². The molecule has 3 nitrogen and oxygen atoms in total. The van der Waals surface area contributed by atoms with Crippen LogP contribution in [-0.2, 0) is 13.2 Å². The monoisotopic (exact) mass is 258 g/mol. The van der Waals surface area contributed by atoms with Gasteiger partial charge in [0.15, 0.2) is 0 Å². The third-order valence-corrected chi connectivity index (χ3v) is 2.97. The molecule has 100 valence electrons. The molecule has 2 N–H and O–H groups in total. The molecule has 0 spiro atoms. The molecule has 0 aliphatic carbocycles. The van der Waals surface area contributed by atoms with Gasteiger partial charge in [-0.25, -0.2) is 0 Å². The Balaban J connectivity index is 1.94. The molecule has 19 heavy (non-hydrogen) atoms. The van der Waals surface area contributed by atoms with E-state index in [1.807, 2.05) is 48.5 Å². The molecular formula is C16H18O3. The van der Waals surface area contributed by atoms with Crippen molar-refractivity contribution in [3.05, 3.63) is 65.2 Å². The van der Waals surface area contributed by atoms with Gasteiger partial charge in [0.05, 0.1) is 12.7 Å². The quantitative estimate of drug-likeness (QED) is 0.867. The summed E-state index contributed by atoms with van der Waals surface area (Å²) in [6.07, 6.45) is -0.458. The van der Waals surface area contributed by atoms with Crippen molar-refractivity contribution in [2.75, 3.05) is 0 Å². The highest BCUT2D eigenvalue weighted by atomic mass is 16.5. The molecule has 0 aromatic heterocycles. The molecule has 0 bridgehead atoms. The molecule has 0 aliphatic heterocycles. The summed E-state index contributed by atoms with van der Waals surface area (Å²) in [5.74, 6) is 0.774. The van der Waals surface area contributed by atoms with Crippen LogP contribution >= 0.6 is 0 Å². The van der Waals surface area contributed by atoms with Crippen LogP contribution in [0.2, 0.25) is 0 Å². The number of hydrogen-bond acceptors (Lipinski definition) is 3. The number of aliphatic hydroxyl groups excluding tert-OH is 2. The lowest BCUT2D eigenvalue weighted by Gasteiger charge is -2.09. The predicted molar refractivity (Wildman–Crippen MR) is 73.8 cm³/mol. The lowest BCUT2D eigenvalue weighted by Crippen LogP contribution is -1.96. The first kappa shape index (κ1) is 13.6. The Morgan fingerprint density at radius 2 is 1.53 bits per heavy atom. The zero-order valence-corrected chi connectivity index (χ0v) is 10.9. The topological polar surface area (TPSA) is 49.7 Å². The molecular weight excluding hydrogens is 240 g/mol. The van der Waals surface area contributed by atoms with Crippen LogP contribution < -0.4 is 4.74 Å². The second-order valence-corrected chi connectivity index (χ2v) is 4.51. The maximum Gasteiger partial charge on any atom is 0.119 e. The average Bonchev–Trinajstić information content (AvgIpc) is 2.46. The maximum atomic E-state index is 9.41. The molecule has 0 amide bonds. The number of benzene rings is 2. The summed E-state index contributed by atoms with van der Waals surface area (Å²) in [6.45, 7) is 2.28. The van der Waals surface area contributed by atoms with Crippen molar-refractivity contribution in [2.45, 2.75) is 26.2 Å². The van der Waals surface area contributed by atoms with Crippen LogP contribution in [0.15, 0.2) is 48.5 Å². The summed E-state index contributed by atoms with van der Waals surface area (Å²) in [5, 5.41) is 18.4. The molecule has 1 atom stereocenters. The molecule has 0 heterocycles. The highest BCUT2D eigenvalue weighted by Gasteiger charge is 2.01. The first-order valence-electron chi connectivity index (χ1n) is 6.28. The fourth-order valence-electron chi connectivity index (χ4n) is 1.75. The van der Waals surface area contributed by atoms with Crippen molar-refractivity contribution in [2.24, 2.45) is 0 Å². The summed E-state index contributed by atoms with van der Waals surface area (Å²) in [4.78, 5) is 0. The van der Waals surface area contributed by atoms with E-state index in [9.17, 15) is 5.11 Å². The van der Waals surface area contributed by atoms with E-state index in [2.05, 4.69) is 0 Å². The molecule has 0 saturated heterocycles. The lowest BCUT2D eigenvalue weighted by atomic mass is 10.1. The van der Waals surface area contributed by atoms with E-state index in [1.165, 1.54) is 0 Å². The van der Waals surface area contributed by atoms with Crippen LogP contribution in [-0.4, -0.2) is 10.2 Å². The minimum Gasteiger partial charge on any atom is -0.489 e. The Morgan fingerprint density at radius 3 is 2.05 bits per heavy atom. The maximum absolute atomic E-state index is 9.41. The molecule has 2 aromatic rings. The van der Waals surface area contributed by atoms with Crippen molar-refractivity contribution >= 4 is 0 Å². The number of rotatable bonds is 5. The van der Waals surface area contributed by atoms with Crippen LogP contribution in [0.5, 0.6) is 5.75 Å². The summed E-state index contributed by atoms with van der Waals surface area (Å²) in [7, 11) is 0. The second-order valence-electron chi connectivity index (χ2n) is 4.51. The van der Waals surface area contributed by atoms with Crippen molar-refractivity contribution in [1.82, 2.24) is 0 Å². The van der Waals surface area contributed by atoms with Gasteiger partial charge in [-0.05, 0) is 35.7 Å². The molecule has 0 saturated carbocycles. The third kappa shape index (κ3) is 3.81. The SMILES string of the molecule is C[C@@H](O)c1ccc(OCc2ccc(CO)cc2)cc1. The first-order chi connectivity index (χ1) is 9.19. The summed E-state index contributed by atoms with van der Waals surface area (Å²) in [5.41, 5.74) is 2.82. The van der Waals surface area contributed by atoms with Crippen molar-refractivity contribution < 1.29 is 14.9 Å². The highest BCUT2D eigenvalue weighted by molar-refractivity contribution is 5.29. The fourth-order valence-corrected chi connectivity index (χ4v) is 1.75. The Kier molecular flexibility index (Phi) is 4.55. The molecule has 0 fully saturated rings. The summed E-state index contributed by atoms with van der Waals surface area (Å²) >= 11 is 0. The Bertz CT molecular complexity index is 501. The van der Waals surface area contributed by atoms with Crippen molar-refractivity contribution in [3.63, 3.8) is 0 Å². The van der Waals surface area contributed by atoms with Crippen molar-refractivity contribution in [3.8, 4) is 5.75 Å². The van der Waals surface area contributed by atoms with Gasteiger partial charge in [-0.3, -0.25) is 0 Å². The molecule has 0 aliphatic rings. The van der Waals surface area contributed by atoms with Crippen molar-refractivity contribution in [1.29, 1.82) is 0 Å². The van der Waals surface area contributed by atoms with E-state index in [0.717, 1.165) is 22.4 Å². The Hall–Kier alpha value is -1.84. The Morgan fingerprint density at radius 1 is 0.947 bits per heavy atom. The molecule has 2 aromatic carbocycles. The van der Waals surface area contributed by atoms with Gasteiger partial charge >= 0.3 is 0 Å². The third-order valence-electron chi connectivity index (χ3n) is 2.97. The lowest BCUT2D eigenvalue weighted by molar-refractivity contribution is 0.199. The van der Waals surface area contributed by atoms with Gasteiger partial charge in [0.25, 0.3) is 0 Å². The van der Waals surface area contributed by atoms with Crippen LogP contribution in [0.1, 0.15) is 29.7 Å².